The number of nitrogens with two attached hydrogens (primary N) is 1. The van der Waals surface area contributed by atoms with Crippen LogP contribution in [0.4, 0.5) is 11.4 Å². The summed E-state index contributed by atoms with van der Waals surface area (Å²) in [6.45, 7) is 4.86. The van der Waals surface area contributed by atoms with Gasteiger partial charge >= 0.3 is 0 Å². The van der Waals surface area contributed by atoms with Gasteiger partial charge in [-0.2, -0.15) is 0 Å². The first kappa shape index (κ1) is 14.8. The highest BCUT2D eigenvalue weighted by Crippen LogP contribution is 2.20. The molecule has 0 aliphatic carbocycles. The number of amides is 1. The molecule has 0 radical (unpaired) electrons. The van der Waals surface area contributed by atoms with Crippen LogP contribution in [0.3, 0.4) is 0 Å². The van der Waals surface area contributed by atoms with Gasteiger partial charge in [0.25, 0.3) is 5.91 Å². The predicted molar refractivity (Wildman–Crippen MR) is 83.0 cm³/mol. The summed E-state index contributed by atoms with van der Waals surface area (Å²) in [7, 11) is 0. The molecule has 1 aromatic heterocycles. The molecule has 2 rings (SSSR count). The molecule has 0 unspecified atom stereocenters. The maximum atomic E-state index is 11.7. The van der Waals surface area contributed by atoms with E-state index >= 15 is 0 Å². The number of rotatable bonds is 5. The van der Waals surface area contributed by atoms with Gasteiger partial charge in [0.2, 0.25) is 0 Å². The van der Waals surface area contributed by atoms with Gasteiger partial charge in [-0.25, -0.2) is 9.97 Å². The minimum absolute atomic E-state index is 0.123. The van der Waals surface area contributed by atoms with E-state index < -0.39 is 0 Å². The summed E-state index contributed by atoms with van der Waals surface area (Å²) < 4.78 is 0. The Morgan fingerprint density at radius 2 is 2.14 bits per heavy atom. The Morgan fingerprint density at radius 1 is 1.33 bits per heavy atom. The first-order chi connectivity index (χ1) is 10.1. The summed E-state index contributed by atoms with van der Waals surface area (Å²) in [5.41, 5.74) is 8.72. The Kier molecular flexibility index (Phi) is 4.71. The normalized spacial score (nSPS) is 10.2. The van der Waals surface area contributed by atoms with Crippen molar-refractivity contribution in [3.05, 3.63) is 47.5 Å². The van der Waals surface area contributed by atoms with E-state index in [1.54, 1.807) is 24.4 Å². The first-order valence-corrected chi connectivity index (χ1v) is 6.80. The molecule has 0 fully saturated rings. The van der Waals surface area contributed by atoms with E-state index in [9.17, 15) is 4.79 Å². The fourth-order valence-corrected chi connectivity index (χ4v) is 1.92. The van der Waals surface area contributed by atoms with Crippen LogP contribution in [0.1, 0.15) is 28.8 Å². The van der Waals surface area contributed by atoms with E-state index in [0.29, 0.717) is 24.3 Å². The lowest BCUT2D eigenvalue weighted by Crippen LogP contribution is -2.22. The van der Waals surface area contributed by atoms with E-state index in [2.05, 4.69) is 20.6 Å². The lowest BCUT2D eigenvalue weighted by molar-refractivity contribution is 0.0956. The number of carbonyl (C=O) groups excluding carboxylic acids is 1. The minimum Gasteiger partial charge on any atom is -0.397 e. The smallest absolute Gasteiger partial charge is 0.251 e. The van der Waals surface area contributed by atoms with Crippen LogP contribution in [-0.2, 0) is 6.54 Å². The zero-order valence-corrected chi connectivity index (χ0v) is 12.2. The fourth-order valence-electron chi connectivity index (χ4n) is 1.92. The standard InChI is InChI=1S/C15H19N5O/c1-3-17-15(21)11-4-5-14(13(16)8-11)19-9-12-6-7-18-10(2)20-12/h4-8,19H,3,9,16H2,1-2H3,(H,17,21). The van der Waals surface area contributed by atoms with Crippen LogP contribution >= 0.6 is 0 Å². The molecule has 6 nitrogen and oxygen atoms in total. The minimum atomic E-state index is -0.123. The average Bonchev–Trinajstić information content (AvgIpc) is 2.46. The summed E-state index contributed by atoms with van der Waals surface area (Å²) in [6.07, 6.45) is 1.72. The van der Waals surface area contributed by atoms with Crippen molar-refractivity contribution in [1.82, 2.24) is 15.3 Å². The SMILES string of the molecule is CCNC(=O)c1ccc(NCc2ccnc(C)n2)c(N)c1. The van der Waals surface area contributed by atoms with E-state index in [-0.39, 0.29) is 5.91 Å². The largest absolute Gasteiger partial charge is 0.397 e. The Balaban J connectivity index is 2.06. The second-order valence-corrected chi connectivity index (χ2v) is 4.61. The lowest BCUT2D eigenvalue weighted by atomic mass is 10.1. The molecule has 2 aromatic rings. The Labute approximate surface area is 123 Å². The zero-order valence-electron chi connectivity index (χ0n) is 12.2. The van der Waals surface area contributed by atoms with Crippen LogP contribution < -0.4 is 16.4 Å². The average molecular weight is 285 g/mol. The summed E-state index contributed by atoms with van der Waals surface area (Å²) >= 11 is 0. The van der Waals surface area contributed by atoms with Crippen molar-refractivity contribution in [3.63, 3.8) is 0 Å². The van der Waals surface area contributed by atoms with E-state index in [1.807, 2.05) is 19.9 Å². The van der Waals surface area contributed by atoms with Crippen molar-refractivity contribution < 1.29 is 4.79 Å². The number of nitrogen functional groups attached to an aromatic ring is 1. The predicted octanol–water partition coefficient (Wildman–Crippen LogP) is 1.73. The van der Waals surface area contributed by atoms with Gasteiger partial charge in [-0.1, -0.05) is 0 Å². The van der Waals surface area contributed by atoms with Crippen LogP contribution in [0.15, 0.2) is 30.5 Å². The van der Waals surface area contributed by atoms with Crippen molar-refractivity contribution in [2.24, 2.45) is 0 Å². The van der Waals surface area contributed by atoms with Crippen molar-refractivity contribution in [1.29, 1.82) is 0 Å². The third-order valence-corrected chi connectivity index (χ3v) is 2.94. The highest BCUT2D eigenvalue weighted by atomic mass is 16.1. The molecule has 1 amide bonds. The van der Waals surface area contributed by atoms with Crippen molar-refractivity contribution in [2.75, 3.05) is 17.6 Å². The number of hydrogen-bond acceptors (Lipinski definition) is 5. The lowest BCUT2D eigenvalue weighted by Gasteiger charge is -2.11. The molecule has 0 bridgehead atoms. The number of hydrogen-bond donors (Lipinski definition) is 3. The molecule has 1 aromatic carbocycles. The molecular formula is C15H19N5O. The Bertz CT molecular complexity index is 642. The fraction of sp³-hybridized carbons (Fsp3) is 0.267. The topological polar surface area (TPSA) is 92.9 Å². The zero-order chi connectivity index (χ0) is 15.2. The Hall–Kier alpha value is -2.63. The molecule has 0 atom stereocenters. The number of aromatic nitrogens is 2. The van der Waals surface area contributed by atoms with Crippen molar-refractivity contribution >= 4 is 17.3 Å². The molecular weight excluding hydrogens is 266 g/mol. The molecule has 0 saturated carbocycles. The first-order valence-electron chi connectivity index (χ1n) is 6.80. The Morgan fingerprint density at radius 3 is 2.81 bits per heavy atom. The molecule has 0 aliphatic rings. The number of nitrogens with zero attached hydrogens (tertiary/aromatic N) is 2. The molecule has 1 heterocycles. The van der Waals surface area contributed by atoms with Crippen LogP contribution in [0.2, 0.25) is 0 Å². The number of benzene rings is 1. The van der Waals surface area contributed by atoms with Gasteiger partial charge in [0.15, 0.2) is 0 Å². The molecule has 0 aliphatic heterocycles. The number of nitrogens with one attached hydrogen (secondary N) is 2. The van der Waals surface area contributed by atoms with E-state index in [1.165, 1.54) is 0 Å². The molecule has 21 heavy (non-hydrogen) atoms. The van der Waals surface area contributed by atoms with Gasteiger partial charge < -0.3 is 16.4 Å². The molecule has 6 heteroatoms. The van der Waals surface area contributed by atoms with E-state index in [0.717, 1.165) is 17.2 Å². The molecule has 0 spiro atoms. The van der Waals surface area contributed by atoms with Crippen LogP contribution in [0.25, 0.3) is 0 Å². The number of anilines is 2. The number of carbonyl (C=O) groups is 1. The third-order valence-electron chi connectivity index (χ3n) is 2.94. The van der Waals surface area contributed by atoms with Crippen molar-refractivity contribution in [3.8, 4) is 0 Å². The highest BCUT2D eigenvalue weighted by Gasteiger charge is 2.07. The maximum Gasteiger partial charge on any atom is 0.251 e. The van der Waals surface area contributed by atoms with Gasteiger partial charge in [0.05, 0.1) is 23.6 Å². The summed E-state index contributed by atoms with van der Waals surface area (Å²) in [4.78, 5) is 20.1. The van der Waals surface area contributed by atoms with Crippen LogP contribution in [0, 0.1) is 6.92 Å². The van der Waals surface area contributed by atoms with Crippen molar-refractivity contribution in [2.45, 2.75) is 20.4 Å². The number of aryl methyl sites for hydroxylation is 1. The van der Waals surface area contributed by atoms with Gasteiger partial charge in [-0.05, 0) is 38.1 Å². The van der Waals surface area contributed by atoms with Gasteiger partial charge in [-0.15, -0.1) is 0 Å². The van der Waals surface area contributed by atoms with E-state index in [4.69, 9.17) is 5.73 Å². The highest BCUT2D eigenvalue weighted by molar-refractivity contribution is 5.96. The second kappa shape index (κ2) is 6.69. The molecule has 4 N–H and O–H groups in total. The molecule has 0 saturated heterocycles. The third kappa shape index (κ3) is 3.92. The second-order valence-electron chi connectivity index (χ2n) is 4.61. The van der Waals surface area contributed by atoms with Crippen LogP contribution in [0.5, 0.6) is 0 Å². The summed E-state index contributed by atoms with van der Waals surface area (Å²) in [5, 5.41) is 5.95. The van der Waals surface area contributed by atoms with Gasteiger partial charge in [-0.3, -0.25) is 4.79 Å². The van der Waals surface area contributed by atoms with Gasteiger partial charge in [0.1, 0.15) is 5.82 Å². The van der Waals surface area contributed by atoms with Crippen LogP contribution in [-0.4, -0.2) is 22.4 Å². The molecule has 110 valence electrons. The van der Waals surface area contributed by atoms with Gasteiger partial charge in [0, 0.05) is 18.3 Å². The quantitative estimate of drug-likeness (QED) is 0.727. The maximum absolute atomic E-state index is 11.7. The summed E-state index contributed by atoms with van der Waals surface area (Å²) in [6, 6.07) is 7.06. The monoisotopic (exact) mass is 285 g/mol. The summed E-state index contributed by atoms with van der Waals surface area (Å²) in [5.74, 6) is 0.607.